The second kappa shape index (κ2) is 12.2. The largest absolute Gasteiger partial charge is 0.329 e. The fourth-order valence-corrected chi connectivity index (χ4v) is 4.60. The van der Waals surface area contributed by atoms with Crippen molar-refractivity contribution < 1.29 is 0 Å². The predicted octanol–water partition coefficient (Wildman–Crippen LogP) is 3.54. The number of nitrogens with zero attached hydrogens (tertiary/aromatic N) is 6. The Morgan fingerprint density at radius 2 is 1.17 bits per heavy atom. The van der Waals surface area contributed by atoms with Crippen molar-refractivity contribution in [2.75, 3.05) is 0 Å². The summed E-state index contributed by atoms with van der Waals surface area (Å²) in [6.07, 6.45) is 1.54. The molecule has 6 rings (SSSR count). The van der Waals surface area contributed by atoms with Crippen LogP contribution in [0.2, 0.25) is 15.3 Å². The zero-order valence-electron chi connectivity index (χ0n) is 21.6. The third-order valence-corrected chi connectivity index (χ3v) is 7.15. The van der Waals surface area contributed by atoms with Gasteiger partial charge in [-0.1, -0.05) is 54.9 Å². The van der Waals surface area contributed by atoms with Crippen LogP contribution in [0.3, 0.4) is 0 Å². The van der Waals surface area contributed by atoms with E-state index in [0.29, 0.717) is 34.3 Å². The SMILES string of the molecule is C.Cn1c(=O)[nH]c2nc(Cl)n(Cc3ccc(Cl)cc3)c2c1=O.Cn1c(=O)[nH]c2ncn(Cc3ccc(Cl)cc3)c2c1=O. The molecule has 0 fully saturated rings. The van der Waals surface area contributed by atoms with Crippen molar-refractivity contribution in [3.63, 3.8) is 0 Å². The molecule has 0 aliphatic heterocycles. The van der Waals surface area contributed by atoms with Crippen LogP contribution in [-0.4, -0.2) is 38.2 Å². The number of imidazole rings is 2. The Hall–Kier alpha value is -4.39. The third-order valence-electron chi connectivity index (χ3n) is 6.35. The van der Waals surface area contributed by atoms with Gasteiger partial charge < -0.3 is 9.13 Å². The van der Waals surface area contributed by atoms with Crippen LogP contribution >= 0.6 is 34.8 Å². The fraction of sp³-hybridized carbons (Fsp3) is 0.185. The van der Waals surface area contributed by atoms with Gasteiger partial charge in [-0.15, -0.1) is 0 Å². The Bertz CT molecular complexity index is 2140. The minimum atomic E-state index is -0.527. The molecule has 42 heavy (non-hydrogen) atoms. The number of hydrogen-bond acceptors (Lipinski definition) is 6. The summed E-state index contributed by atoms with van der Waals surface area (Å²) >= 11 is 17.8. The topological polar surface area (TPSA) is 145 Å². The first-order valence-electron chi connectivity index (χ1n) is 12.0. The van der Waals surface area contributed by atoms with E-state index in [4.69, 9.17) is 34.8 Å². The van der Waals surface area contributed by atoms with Crippen molar-refractivity contribution in [3.05, 3.63) is 123 Å². The number of aromatic amines is 2. The van der Waals surface area contributed by atoms with Crippen LogP contribution in [0.25, 0.3) is 22.3 Å². The van der Waals surface area contributed by atoms with Gasteiger partial charge in [-0.05, 0) is 47.0 Å². The molecule has 0 unspecified atom stereocenters. The molecule has 12 nitrogen and oxygen atoms in total. The van der Waals surface area contributed by atoms with Crippen LogP contribution in [0.1, 0.15) is 18.6 Å². The minimum absolute atomic E-state index is 0. The molecule has 2 aromatic carbocycles. The van der Waals surface area contributed by atoms with E-state index >= 15 is 0 Å². The molecule has 2 N–H and O–H groups in total. The van der Waals surface area contributed by atoms with Crippen LogP contribution < -0.4 is 22.5 Å². The number of nitrogens with one attached hydrogen (secondary N) is 2. The summed E-state index contributed by atoms with van der Waals surface area (Å²) in [6.45, 7) is 0.836. The average Bonchev–Trinajstić information content (AvgIpc) is 3.48. The van der Waals surface area contributed by atoms with Crippen molar-refractivity contribution in [3.8, 4) is 0 Å². The molecule has 4 aromatic heterocycles. The Balaban J connectivity index is 0.000000189. The standard InChI is InChI=1S/C13H10Cl2N4O2.C13H11ClN4O2.CH4/c1-18-11(20)9-10(17-13(18)21)16-12(15)19(9)6-7-2-4-8(14)5-3-7;1-17-12(19)10-11(16-13(17)20)15-7-18(10)6-8-2-4-9(14)5-3-8;/h2-5H,6H2,1H3,(H,17,21);2-5,7H,6H2,1H3,(H,16,20);1H4. The smallest absolute Gasteiger partial charge is 0.320 e. The van der Waals surface area contributed by atoms with E-state index in [-0.39, 0.29) is 29.4 Å². The molecule has 0 saturated carbocycles. The Labute approximate surface area is 252 Å². The summed E-state index contributed by atoms with van der Waals surface area (Å²) in [5, 5.41) is 1.42. The van der Waals surface area contributed by atoms with Gasteiger partial charge in [0.1, 0.15) is 0 Å². The summed E-state index contributed by atoms with van der Waals surface area (Å²) < 4.78 is 5.27. The number of benzene rings is 2. The Kier molecular flexibility index (Phi) is 8.90. The molecular formula is C27H25Cl3N8O4. The minimum Gasteiger partial charge on any atom is -0.320 e. The van der Waals surface area contributed by atoms with Gasteiger partial charge in [0, 0.05) is 30.7 Å². The van der Waals surface area contributed by atoms with E-state index in [1.807, 2.05) is 24.3 Å². The number of aromatic nitrogens is 8. The quantitative estimate of drug-likeness (QED) is 0.285. The van der Waals surface area contributed by atoms with Crippen molar-refractivity contribution >= 4 is 57.1 Å². The van der Waals surface area contributed by atoms with Gasteiger partial charge in [-0.25, -0.2) is 14.6 Å². The molecule has 0 radical (unpaired) electrons. The van der Waals surface area contributed by atoms with Crippen molar-refractivity contribution in [2.24, 2.45) is 14.1 Å². The second-order valence-electron chi connectivity index (χ2n) is 9.08. The van der Waals surface area contributed by atoms with Gasteiger partial charge in [0.25, 0.3) is 11.1 Å². The highest BCUT2D eigenvalue weighted by atomic mass is 35.5. The normalized spacial score (nSPS) is 10.9. The fourth-order valence-electron chi connectivity index (χ4n) is 4.12. The first kappa shape index (κ1) is 30.6. The molecule has 0 spiro atoms. The average molecular weight is 632 g/mol. The van der Waals surface area contributed by atoms with Crippen molar-refractivity contribution in [2.45, 2.75) is 20.5 Å². The first-order valence-corrected chi connectivity index (χ1v) is 13.1. The monoisotopic (exact) mass is 630 g/mol. The van der Waals surface area contributed by atoms with Crippen LogP contribution in [-0.2, 0) is 27.2 Å². The summed E-state index contributed by atoms with van der Waals surface area (Å²) in [5.41, 5.74) is 1.21. The molecular weight excluding hydrogens is 607 g/mol. The van der Waals surface area contributed by atoms with Crippen LogP contribution in [0.15, 0.2) is 74.0 Å². The van der Waals surface area contributed by atoms with Gasteiger partial charge in [0.15, 0.2) is 22.3 Å². The Morgan fingerprint density at radius 1 is 0.690 bits per heavy atom. The summed E-state index contributed by atoms with van der Waals surface area (Å²) in [7, 11) is 2.83. The van der Waals surface area contributed by atoms with E-state index < -0.39 is 16.9 Å². The van der Waals surface area contributed by atoms with Gasteiger partial charge in [0.05, 0.1) is 12.9 Å². The number of rotatable bonds is 4. The molecule has 0 aliphatic rings. The molecule has 15 heteroatoms. The molecule has 0 saturated heterocycles. The van der Waals surface area contributed by atoms with E-state index in [0.717, 1.165) is 20.3 Å². The summed E-state index contributed by atoms with van der Waals surface area (Å²) in [6, 6.07) is 14.5. The number of hydrogen-bond donors (Lipinski definition) is 2. The number of fused-ring (bicyclic) bond motifs is 2. The highest BCUT2D eigenvalue weighted by molar-refractivity contribution is 6.31. The van der Waals surface area contributed by atoms with Crippen LogP contribution in [0, 0.1) is 0 Å². The molecule has 6 aromatic rings. The highest BCUT2D eigenvalue weighted by Gasteiger charge is 2.16. The van der Waals surface area contributed by atoms with Crippen LogP contribution in [0.5, 0.6) is 0 Å². The number of halogens is 3. The van der Waals surface area contributed by atoms with E-state index in [2.05, 4.69) is 19.9 Å². The predicted molar refractivity (Wildman–Crippen MR) is 164 cm³/mol. The molecule has 218 valence electrons. The lowest BCUT2D eigenvalue weighted by Crippen LogP contribution is -2.33. The summed E-state index contributed by atoms with van der Waals surface area (Å²) in [5.74, 6) is 0. The zero-order chi connectivity index (χ0) is 29.4. The van der Waals surface area contributed by atoms with Gasteiger partial charge in [-0.3, -0.25) is 28.7 Å². The highest BCUT2D eigenvalue weighted by Crippen LogP contribution is 2.18. The maximum Gasteiger partial charge on any atom is 0.329 e. The molecule has 0 aliphatic carbocycles. The molecule has 0 amide bonds. The van der Waals surface area contributed by atoms with E-state index in [9.17, 15) is 19.2 Å². The second-order valence-corrected chi connectivity index (χ2v) is 10.3. The molecule has 0 bridgehead atoms. The van der Waals surface area contributed by atoms with Gasteiger partial charge in [0.2, 0.25) is 5.28 Å². The molecule has 4 heterocycles. The van der Waals surface area contributed by atoms with Crippen LogP contribution in [0.4, 0.5) is 0 Å². The first-order chi connectivity index (χ1) is 19.5. The lowest BCUT2D eigenvalue weighted by atomic mass is 10.2. The maximum atomic E-state index is 12.2. The van der Waals surface area contributed by atoms with Gasteiger partial charge in [-0.2, -0.15) is 4.98 Å². The lowest BCUT2D eigenvalue weighted by molar-refractivity contribution is 0.768. The summed E-state index contributed by atoms with van der Waals surface area (Å²) in [4.78, 5) is 60.6. The van der Waals surface area contributed by atoms with E-state index in [1.54, 1.807) is 33.4 Å². The number of H-pyrrole nitrogens is 2. The maximum absolute atomic E-state index is 12.2. The third kappa shape index (κ3) is 5.96. The zero-order valence-corrected chi connectivity index (χ0v) is 23.8. The lowest BCUT2D eigenvalue weighted by Gasteiger charge is -2.06. The van der Waals surface area contributed by atoms with Gasteiger partial charge >= 0.3 is 11.4 Å². The molecule has 0 atom stereocenters. The Morgan fingerprint density at radius 3 is 1.71 bits per heavy atom. The van der Waals surface area contributed by atoms with Crippen molar-refractivity contribution in [1.29, 1.82) is 0 Å². The van der Waals surface area contributed by atoms with E-state index in [1.165, 1.54) is 20.4 Å². The van der Waals surface area contributed by atoms with Crippen molar-refractivity contribution in [1.82, 2.24) is 38.2 Å².